The molecule has 1 fully saturated rings. The van der Waals surface area contributed by atoms with Crippen LogP contribution in [0.5, 0.6) is 5.75 Å². The number of aromatic nitrogens is 1. The predicted octanol–water partition coefficient (Wildman–Crippen LogP) is 3.03. The second kappa shape index (κ2) is 12.2. The lowest BCUT2D eigenvalue weighted by Gasteiger charge is -2.45. The summed E-state index contributed by atoms with van der Waals surface area (Å²) in [5.41, 5.74) is 0.843. The van der Waals surface area contributed by atoms with E-state index < -0.39 is 22.2 Å². The van der Waals surface area contributed by atoms with Crippen molar-refractivity contribution in [2.75, 3.05) is 46.5 Å². The number of aliphatic carboxylic acids is 1. The van der Waals surface area contributed by atoms with Gasteiger partial charge >= 0.3 is 12.1 Å². The number of carbonyl (C=O) groups is 1. The standard InChI is InChI=1S/C22H29N3O4S.C2HF3O2/c1-28-15-14-25-17-22(18-29-20-7-2-3-8-21(20)30(25,26)27)9-12-24(13-10-22)16-19-6-4-5-11-23-19;3-2(4,5)1(6)7/h2-8,11H,9-10,12-18H2,1H3;(H,6,7). The number of halogens is 3. The van der Waals surface area contributed by atoms with Gasteiger partial charge in [-0.2, -0.15) is 17.5 Å². The van der Waals surface area contributed by atoms with Crippen molar-refractivity contribution in [3.05, 3.63) is 54.4 Å². The largest absolute Gasteiger partial charge is 0.492 e. The molecule has 1 aromatic heterocycles. The first-order valence-corrected chi connectivity index (χ1v) is 13.0. The van der Waals surface area contributed by atoms with Gasteiger partial charge in [0.15, 0.2) is 0 Å². The number of carboxylic acids is 1. The van der Waals surface area contributed by atoms with Crippen LogP contribution in [0.3, 0.4) is 0 Å². The SMILES string of the molecule is COCCN1CC2(CCN(Cc3ccccn3)CC2)COc2ccccc2S1(=O)=O.O=C(O)C(F)(F)F. The van der Waals surface area contributed by atoms with Crippen molar-refractivity contribution in [1.82, 2.24) is 14.2 Å². The Morgan fingerprint density at radius 1 is 1.16 bits per heavy atom. The minimum absolute atomic E-state index is 0.213. The average molecular weight is 546 g/mol. The van der Waals surface area contributed by atoms with E-state index in [4.69, 9.17) is 19.4 Å². The van der Waals surface area contributed by atoms with Crippen LogP contribution >= 0.6 is 0 Å². The van der Waals surface area contributed by atoms with Gasteiger partial charge in [-0.15, -0.1) is 0 Å². The van der Waals surface area contributed by atoms with Gasteiger partial charge in [-0.1, -0.05) is 18.2 Å². The Kier molecular flexibility index (Phi) is 9.51. The van der Waals surface area contributed by atoms with Crippen LogP contribution < -0.4 is 4.74 Å². The maximum atomic E-state index is 13.4. The van der Waals surface area contributed by atoms with E-state index in [1.54, 1.807) is 29.6 Å². The topological polar surface area (TPSA) is 109 Å². The van der Waals surface area contributed by atoms with Gasteiger partial charge in [0, 0.05) is 38.4 Å². The van der Waals surface area contributed by atoms with Gasteiger partial charge in [-0.3, -0.25) is 9.88 Å². The molecule has 2 aliphatic rings. The highest BCUT2D eigenvalue weighted by Crippen LogP contribution is 2.39. The highest BCUT2D eigenvalue weighted by atomic mass is 32.2. The van der Waals surface area contributed by atoms with Gasteiger partial charge in [0.1, 0.15) is 10.6 Å². The lowest BCUT2D eigenvalue weighted by atomic mass is 9.78. The Labute approximate surface area is 213 Å². The van der Waals surface area contributed by atoms with Crippen LogP contribution in [0.25, 0.3) is 0 Å². The number of benzene rings is 1. The second-order valence-corrected chi connectivity index (χ2v) is 10.9. The molecule has 0 saturated carbocycles. The molecule has 2 aliphatic heterocycles. The van der Waals surface area contributed by atoms with Crippen molar-refractivity contribution in [1.29, 1.82) is 0 Å². The summed E-state index contributed by atoms with van der Waals surface area (Å²) >= 11 is 0. The number of para-hydroxylation sites is 1. The van der Waals surface area contributed by atoms with Crippen LogP contribution in [0.2, 0.25) is 0 Å². The molecule has 0 unspecified atom stereocenters. The van der Waals surface area contributed by atoms with E-state index in [2.05, 4.69) is 9.88 Å². The second-order valence-electron chi connectivity index (χ2n) is 8.97. The molecule has 1 N–H and O–H groups in total. The molecule has 1 aromatic carbocycles. The highest BCUT2D eigenvalue weighted by molar-refractivity contribution is 7.89. The number of ether oxygens (including phenoxy) is 2. The molecular formula is C24H30F3N3O6S. The number of likely N-dealkylation sites (tertiary alicyclic amines) is 1. The zero-order valence-corrected chi connectivity index (χ0v) is 21.2. The summed E-state index contributed by atoms with van der Waals surface area (Å²) in [7, 11) is -2.05. The van der Waals surface area contributed by atoms with E-state index in [-0.39, 0.29) is 10.3 Å². The van der Waals surface area contributed by atoms with Crippen molar-refractivity contribution in [3.8, 4) is 5.75 Å². The lowest BCUT2D eigenvalue weighted by molar-refractivity contribution is -0.192. The van der Waals surface area contributed by atoms with Gasteiger partial charge in [0.05, 0.1) is 18.9 Å². The van der Waals surface area contributed by atoms with E-state index in [9.17, 15) is 21.6 Å². The summed E-state index contributed by atoms with van der Waals surface area (Å²) in [6, 6.07) is 12.9. The summed E-state index contributed by atoms with van der Waals surface area (Å²) in [5, 5.41) is 7.12. The molecule has 9 nitrogen and oxygen atoms in total. The molecule has 1 saturated heterocycles. The Balaban J connectivity index is 0.000000479. The fourth-order valence-corrected chi connectivity index (χ4v) is 5.93. The molecule has 204 valence electrons. The maximum Gasteiger partial charge on any atom is 0.490 e. The van der Waals surface area contributed by atoms with E-state index >= 15 is 0 Å². The Morgan fingerprint density at radius 2 is 1.81 bits per heavy atom. The van der Waals surface area contributed by atoms with E-state index in [0.717, 1.165) is 38.2 Å². The molecule has 0 aliphatic carbocycles. The molecule has 0 amide bonds. The number of methoxy groups -OCH3 is 1. The molecule has 0 atom stereocenters. The number of piperidine rings is 1. The summed E-state index contributed by atoms with van der Waals surface area (Å²) in [6.07, 6.45) is -1.51. The van der Waals surface area contributed by atoms with Crippen molar-refractivity contribution < 1.29 is 41.0 Å². The van der Waals surface area contributed by atoms with Crippen LogP contribution in [-0.4, -0.2) is 86.4 Å². The van der Waals surface area contributed by atoms with Crippen LogP contribution in [0.15, 0.2) is 53.6 Å². The third-order valence-corrected chi connectivity index (χ3v) is 8.21. The van der Waals surface area contributed by atoms with Crippen LogP contribution in [0, 0.1) is 5.41 Å². The lowest BCUT2D eigenvalue weighted by Crippen LogP contribution is -2.52. The van der Waals surface area contributed by atoms with E-state index in [1.807, 2.05) is 30.5 Å². The minimum atomic E-state index is -5.08. The number of hydrogen-bond donors (Lipinski definition) is 1. The minimum Gasteiger partial charge on any atom is -0.492 e. The molecule has 0 bridgehead atoms. The number of fused-ring (bicyclic) bond motifs is 1. The predicted molar refractivity (Wildman–Crippen MR) is 127 cm³/mol. The highest BCUT2D eigenvalue weighted by Gasteiger charge is 2.43. The number of alkyl halides is 3. The average Bonchev–Trinajstić information content (AvgIpc) is 2.86. The summed E-state index contributed by atoms with van der Waals surface area (Å²) in [6.45, 7) is 4.26. The zero-order chi connectivity index (χ0) is 27.1. The van der Waals surface area contributed by atoms with E-state index in [0.29, 0.717) is 32.1 Å². The molecule has 3 heterocycles. The van der Waals surface area contributed by atoms with Crippen molar-refractivity contribution >= 4 is 16.0 Å². The Bertz CT molecular complexity index is 1140. The fourth-order valence-electron chi connectivity index (χ4n) is 4.26. The monoisotopic (exact) mass is 545 g/mol. The normalized spacial score (nSPS) is 19.5. The summed E-state index contributed by atoms with van der Waals surface area (Å²) in [5.74, 6) is -2.32. The third kappa shape index (κ3) is 7.63. The van der Waals surface area contributed by atoms with Crippen LogP contribution in [-0.2, 0) is 26.1 Å². The molecule has 2 aromatic rings. The number of carboxylic acid groups (broad SMARTS) is 1. The molecule has 13 heteroatoms. The zero-order valence-electron chi connectivity index (χ0n) is 20.4. The van der Waals surface area contributed by atoms with Crippen LogP contribution in [0.4, 0.5) is 13.2 Å². The quantitative estimate of drug-likeness (QED) is 0.611. The number of hydrogen-bond acceptors (Lipinski definition) is 7. The summed E-state index contributed by atoms with van der Waals surface area (Å²) in [4.78, 5) is 15.9. The summed E-state index contributed by atoms with van der Waals surface area (Å²) < 4.78 is 71.4. The number of nitrogens with zero attached hydrogens (tertiary/aromatic N) is 3. The fraction of sp³-hybridized carbons (Fsp3) is 0.500. The van der Waals surface area contributed by atoms with Crippen molar-refractivity contribution in [2.45, 2.75) is 30.5 Å². The molecule has 4 rings (SSSR count). The van der Waals surface area contributed by atoms with Crippen molar-refractivity contribution in [2.24, 2.45) is 5.41 Å². The number of rotatable bonds is 5. The number of sulfonamides is 1. The maximum absolute atomic E-state index is 13.4. The molecule has 0 radical (unpaired) electrons. The Morgan fingerprint density at radius 3 is 2.41 bits per heavy atom. The van der Waals surface area contributed by atoms with Crippen molar-refractivity contribution in [3.63, 3.8) is 0 Å². The van der Waals surface area contributed by atoms with Gasteiger partial charge in [-0.25, -0.2) is 13.2 Å². The Hall–Kier alpha value is -2.74. The smallest absolute Gasteiger partial charge is 0.490 e. The van der Waals surface area contributed by atoms with Gasteiger partial charge in [0.25, 0.3) is 0 Å². The van der Waals surface area contributed by atoms with E-state index in [1.165, 1.54) is 0 Å². The molecule has 1 spiro atoms. The third-order valence-electron chi connectivity index (χ3n) is 6.33. The van der Waals surface area contributed by atoms with Crippen LogP contribution in [0.1, 0.15) is 18.5 Å². The molecular weight excluding hydrogens is 515 g/mol. The van der Waals surface area contributed by atoms with Gasteiger partial charge < -0.3 is 14.6 Å². The van der Waals surface area contributed by atoms with Gasteiger partial charge in [0.2, 0.25) is 10.0 Å². The number of pyridine rings is 1. The molecule has 37 heavy (non-hydrogen) atoms. The first-order valence-electron chi connectivity index (χ1n) is 11.6. The first kappa shape index (κ1) is 28.8. The van der Waals surface area contributed by atoms with Gasteiger partial charge in [-0.05, 0) is 50.2 Å². The first-order chi connectivity index (χ1) is 17.5.